The molecular formula is C20H25NO2S2. The van der Waals surface area contributed by atoms with Crippen LogP contribution in [0.25, 0.3) is 0 Å². The van der Waals surface area contributed by atoms with Gasteiger partial charge in [0, 0.05) is 11.4 Å². The highest BCUT2D eigenvalue weighted by atomic mass is 32.2. The van der Waals surface area contributed by atoms with Crippen LogP contribution >= 0.6 is 11.3 Å². The first-order valence-electron chi connectivity index (χ1n) is 9.31. The number of rotatable bonds is 4. The van der Waals surface area contributed by atoms with Gasteiger partial charge in [-0.05, 0) is 60.7 Å². The van der Waals surface area contributed by atoms with E-state index in [0.717, 1.165) is 17.7 Å². The fraction of sp³-hybridized carbons (Fsp3) is 0.500. The minimum absolute atomic E-state index is 0.00280. The van der Waals surface area contributed by atoms with E-state index in [1.807, 2.05) is 35.7 Å². The summed E-state index contributed by atoms with van der Waals surface area (Å²) in [5.74, 6) is 0.608. The molecule has 5 heteroatoms. The predicted octanol–water partition coefficient (Wildman–Crippen LogP) is 5.32. The molecule has 1 aromatic carbocycles. The Bertz CT molecular complexity index is 791. The molecule has 0 spiro atoms. The lowest BCUT2D eigenvalue weighted by Gasteiger charge is -2.24. The highest BCUT2D eigenvalue weighted by molar-refractivity contribution is 7.89. The summed E-state index contributed by atoms with van der Waals surface area (Å²) >= 11 is 1.65. The van der Waals surface area contributed by atoms with Gasteiger partial charge in [0.2, 0.25) is 10.0 Å². The Morgan fingerprint density at radius 2 is 1.68 bits per heavy atom. The second-order valence-electron chi connectivity index (χ2n) is 7.19. The van der Waals surface area contributed by atoms with Gasteiger partial charge in [-0.3, -0.25) is 0 Å². The molecule has 4 rings (SSSR count). The van der Waals surface area contributed by atoms with Gasteiger partial charge < -0.3 is 0 Å². The zero-order valence-corrected chi connectivity index (χ0v) is 16.1. The maximum atomic E-state index is 13.2. The van der Waals surface area contributed by atoms with Crippen molar-refractivity contribution in [1.82, 2.24) is 4.31 Å². The largest absolute Gasteiger partial charge is 0.243 e. The van der Waals surface area contributed by atoms with Crippen LogP contribution in [0, 0.1) is 0 Å². The van der Waals surface area contributed by atoms with E-state index in [-0.39, 0.29) is 6.04 Å². The molecule has 134 valence electrons. The van der Waals surface area contributed by atoms with E-state index >= 15 is 0 Å². The third kappa shape index (κ3) is 3.42. The molecule has 1 aliphatic heterocycles. The van der Waals surface area contributed by atoms with E-state index in [2.05, 4.69) is 6.07 Å². The Morgan fingerprint density at radius 3 is 2.36 bits per heavy atom. The summed E-state index contributed by atoms with van der Waals surface area (Å²) in [6, 6.07) is 11.8. The molecule has 2 heterocycles. The van der Waals surface area contributed by atoms with Crippen LogP contribution in [0.3, 0.4) is 0 Å². The molecule has 1 aromatic heterocycles. The van der Waals surface area contributed by atoms with E-state index in [9.17, 15) is 8.42 Å². The van der Waals surface area contributed by atoms with Crippen molar-refractivity contribution in [2.75, 3.05) is 6.54 Å². The zero-order chi connectivity index (χ0) is 17.3. The molecule has 2 fully saturated rings. The molecule has 0 radical (unpaired) electrons. The van der Waals surface area contributed by atoms with Crippen molar-refractivity contribution in [2.24, 2.45) is 0 Å². The Balaban J connectivity index is 1.57. The lowest BCUT2D eigenvalue weighted by atomic mass is 9.84. The van der Waals surface area contributed by atoms with Crippen molar-refractivity contribution < 1.29 is 8.42 Å². The van der Waals surface area contributed by atoms with Crippen LogP contribution in [0.4, 0.5) is 0 Å². The molecule has 1 saturated carbocycles. The third-order valence-corrected chi connectivity index (χ3v) is 8.53. The highest BCUT2D eigenvalue weighted by Crippen LogP contribution is 2.39. The molecule has 0 amide bonds. The summed E-state index contributed by atoms with van der Waals surface area (Å²) in [7, 11) is -3.42. The van der Waals surface area contributed by atoms with Crippen molar-refractivity contribution in [3.63, 3.8) is 0 Å². The molecule has 25 heavy (non-hydrogen) atoms. The van der Waals surface area contributed by atoms with Crippen LogP contribution in [-0.2, 0) is 10.0 Å². The standard InChI is InChI=1S/C20H25NO2S2/c22-25(23,21-14-4-8-19(21)20-9-5-15-24-20)18-12-10-17(11-13-18)16-6-2-1-3-7-16/h5,9-13,15-16,19H,1-4,6-8,14H2. The summed E-state index contributed by atoms with van der Waals surface area (Å²) in [6.07, 6.45) is 8.24. The van der Waals surface area contributed by atoms with Gasteiger partial charge in [-0.2, -0.15) is 4.31 Å². The molecule has 1 aliphatic carbocycles. The van der Waals surface area contributed by atoms with Gasteiger partial charge in [0.05, 0.1) is 10.9 Å². The summed E-state index contributed by atoms with van der Waals surface area (Å²) in [5.41, 5.74) is 1.30. The number of hydrogen-bond acceptors (Lipinski definition) is 3. The quantitative estimate of drug-likeness (QED) is 0.725. The average molecular weight is 376 g/mol. The third-order valence-electron chi connectivity index (χ3n) is 5.64. The van der Waals surface area contributed by atoms with Crippen LogP contribution in [0.2, 0.25) is 0 Å². The number of nitrogens with zero attached hydrogens (tertiary/aromatic N) is 1. The fourth-order valence-electron chi connectivity index (χ4n) is 4.28. The van der Waals surface area contributed by atoms with E-state index in [0.29, 0.717) is 17.4 Å². The molecular weight excluding hydrogens is 350 g/mol. The van der Waals surface area contributed by atoms with Crippen LogP contribution in [0.5, 0.6) is 0 Å². The molecule has 1 saturated heterocycles. The predicted molar refractivity (Wildman–Crippen MR) is 102 cm³/mol. The maximum absolute atomic E-state index is 13.2. The summed E-state index contributed by atoms with van der Waals surface area (Å²) in [5, 5.41) is 2.03. The molecule has 1 atom stereocenters. The number of benzene rings is 1. The molecule has 1 unspecified atom stereocenters. The van der Waals surface area contributed by atoms with Crippen LogP contribution < -0.4 is 0 Å². The molecule has 3 nitrogen and oxygen atoms in total. The molecule has 2 aromatic rings. The molecule has 2 aliphatic rings. The minimum atomic E-state index is -3.42. The highest BCUT2D eigenvalue weighted by Gasteiger charge is 2.36. The lowest BCUT2D eigenvalue weighted by molar-refractivity contribution is 0.401. The summed E-state index contributed by atoms with van der Waals surface area (Å²) in [4.78, 5) is 1.59. The smallest absolute Gasteiger partial charge is 0.207 e. The van der Waals surface area contributed by atoms with Crippen molar-refractivity contribution in [2.45, 2.75) is 61.8 Å². The fourth-order valence-corrected chi connectivity index (χ4v) is 6.89. The summed E-state index contributed by atoms with van der Waals surface area (Å²) < 4.78 is 28.0. The van der Waals surface area contributed by atoms with E-state index in [1.165, 1.54) is 37.7 Å². The van der Waals surface area contributed by atoms with Gasteiger partial charge in [-0.1, -0.05) is 37.5 Å². The number of sulfonamides is 1. The molecule has 0 bridgehead atoms. The van der Waals surface area contributed by atoms with Gasteiger partial charge >= 0.3 is 0 Å². The lowest BCUT2D eigenvalue weighted by Crippen LogP contribution is -2.30. The van der Waals surface area contributed by atoms with Crippen LogP contribution in [0.15, 0.2) is 46.7 Å². The van der Waals surface area contributed by atoms with E-state index in [1.54, 1.807) is 15.6 Å². The van der Waals surface area contributed by atoms with Crippen LogP contribution in [0.1, 0.15) is 67.3 Å². The minimum Gasteiger partial charge on any atom is -0.207 e. The van der Waals surface area contributed by atoms with Crippen molar-refractivity contribution in [1.29, 1.82) is 0 Å². The normalized spacial score (nSPS) is 23.1. The Kier molecular flexibility index (Phi) is 4.98. The van der Waals surface area contributed by atoms with Crippen molar-refractivity contribution in [3.05, 3.63) is 52.2 Å². The van der Waals surface area contributed by atoms with Gasteiger partial charge in [-0.15, -0.1) is 11.3 Å². The zero-order valence-electron chi connectivity index (χ0n) is 14.4. The van der Waals surface area contributed by atoms with Crippen molar-refractivity contribution in [3.8, 4) is 0 Å². The number of thiophene rings is 1. The average Bonchev–Trinajstić information content (AvgIpc) is 3.34. The topological polar surface area (TPSA) is 37.4 Å². The summed E-state index contributed by atoms with van der Waals surface area (Å²) in [6.45, 7) is 0.620. The second-order valence-corrected chi connectivity index (χ2v) is 10.1. The number of hydrogen-bond donors (Lipinski definition) is 0. The Hall–Kier alpha value is -1.17. The van der Waals surface area contributed by atoms with E-state index < -0.39 is 10.0 Å². The monoisotopic (exact) mass is 375 g/mol. The Labute approximate surface area is 154 Å². The van der Waals surface area contributed by atoms with Gasteiger partial charge in [-0.25, -0.2) is 8.42 Å². The van der Waals surface area contributed by atoms with Gasteiger partial charge in [0.25, 0.3) is 0 Å². The first-order valence-corrected chi connectivity index (χ1v) is 11.6. The maximum Gasteiger partial charge on any atom is 0.243 e. The Morgan fingerprint density at radius 1 is 0.920 bits per heavy atom. The first kappa shape index (κ1) is 17.3. The van der Waals surface area contributed by atoms with Gasteiger partial charge in [0.15, 0.2) is 0 Å². The van der Waals surface area contributed by atoms with Crippen molar-refractivity contribution >= 4 is 21.4 Å². The second kappa shape index (κ2) is 7.22. The first-order chi connectivity index (χ1) is 12.2. The molecule has 0 N–H and O–H groups in total. The van der Waals surface area contributed by atoms with Crippen LogP contribution in [-0.4, -0.2) is 19.3 Å². The van der Waals surface area contributed by atoms with E-state index in [4.69, 9.17) is 0 Å². The van der Waals surface area contributed by atoms with Gasteiger partial charge in [0.1, 0.15) is 0 Å². The SMILES string of the molecule is O=S(=O)(c1ccc(C2CCCCC2)cc1)N1CCCC1c1cccs1.